The van der Waals surface area contributed by atoms with Crippen LogP contribution < -0.4 is 5.32 Å². The van der Waals surface area contributed by atoms with Gasteiger partial charge >= 0.3 is 5.69 Å². The van der Waals surface area contributed by atoms with Crippen LogP contribution in [0, 0.1) is 16.0 Å². The van der Waals surface area contributed by atoms with E-state index in [2.05, 4.69) is 10.2 Å². The first-order valence-corrected chi connectivity index (χ1v) is 8.30. The molecule has 0 unspecified atom stereocenters. The van der Waals surface area contributed by atoms with E-state index in [4.69, 9.17) is 4.74 Å². The maximum atomic E-state index is 11.2. The predicted molar refractivity (Wildman–Crippen MR) is 102 cm³/mol. The molecule has 0 saturated carbocycles. The SMILES string of the molecule is Cl.Cl.O=[N+]([O-])c1cc([C@@H](C2CCOCC2)N2CCNCC2)cc(O)c1O. The van der Waals surface area contributed by atoms with E-state index in [1.54, 1.807) is 0 Å². The molecule has 2 saturated heterocycles. The molecule has 148 valence electrons. The van der Waals surface area contributed by atoms with Crippen molar-refractivity contribution < 1.29 is 19.9 Å². The van der Waals surface area contributed by atoms with E-state index in [0.29, 0.717) is 24.7 Å². The molecule has 0 spiro atoms. The van der Waals surface area contributed by atoms with Gasteiger partial charge in [0.15, 0.2) is 5.75 Å². The smallest absolute Gasteiger partial charge is 0.314 e. The van der Waals surface area contributed by atoms with Crippen LogP contribution in [0.2, 0.25) is 0 Å². The minimum atomic E-state index is -0.671. The van der Waals surface area contributed by atoms with Crippen molar-refractivity contribution in [3.63, 3.8) is 0 Å². The van der Waals surface area contributed by atoms with Gasteiger partial charge in [-0.2, -0.15) is 0 Å². The average Bonchev–Trinajstić information content (AvgIpc) is 2.60. The van der Waals surface area contributed by atoms with E-state index < -0.39 is 22.1 Å². The molecule has 0 amide bonds. The third-order valence-electron chi connectivity index (χ3n) is 4.89. The van der Waals surface area contributed by atoms with E-state index in [1.807, 2.05) is 0 Å². The second-order valence-electron chi connectivity index (χ2n) is 6.35. The number of phenols is 2. The van der Waals surface area contributed by atoms with Gasteiger partial charge in [0, 0.05) is 51.5 Å². The highest BCUT2D eigenvalue weighted by Gasteiger charge is 2.33. The summed E-state index contributed by atoms with van der Waals surface area (Å²) >= 11 is 0. The Morgan fingerprint density at radius 1 is 1.19 bits per heavy atom. The van der Waals surface area contributed by atoms with Crippen molar-refractivity contribution in [3.8, 4) is 11.5 Å². The molecule has 26 heavy (non-hydrogen) atoms. The molecule has 1 atom stereocenters. The van der Waals surface area contributed by atoms with Gasteiger partial charge in [0.25, 0.3) is 0 Å². The van der Waals surface area contributed by atoms with Crippen LogP contribution in [-0.2, 0) is 4.74 Å². The number of nitro groups is 1. The fourth-order valence-electron chi connectivity index (χ4n) is 3.71. The molecular formula is C16H25Cl2N3O5. The Bertz CT molecular complexity index is 590. The fourth-order valence-corrected chi connectivity index (χ4v) is 3.71. The number of nitrogens with one attached hydrogen (secondary N) is 1. The third-order valence-corrected chi connectivity index (χ3v) is 4.89. The predicted octanol–water partition coefficient (Wildman–Crippen LogP) is 2.22. The molecule has 1 aromatic rings. The van der Waals surface area contributed by atoms with Crippen LogP contribution in [0.3, 0.4) is 0 Å². The number of phenolic OH excluding ortho intramolecular Hbond substituents is 2. The largest absolute Gasteiger partial charge is 0.504 e. The summed E-state index contributed by atoms with van der Waals surface area (Å²) in [5.41, 5.74) is 0.239. The minimum absolute atomic E-state index is 0. The standard InChI is InChI=1S/C16H23N3O5.2ClH/c20-14-10-12(9-13(16(14)21)19(22)23)15(11-1-7-24-8-2-11)18-5-3-17-4-6-18;;/h9-11,15,17,20-21H,1-8H2;2*1H/t15-;;/m1../s1. The highest BCUT2D eigenvalue weighted by molar-refractivity contribution is 5.85. The fraction of sp³-hybridized carbons (Fsp3) is 0.625. The van der Waals surface area contributed by atoms with Gasteiger partial charge in [-0.25, -0.2) is 0 Å². The zero-order valence-electron chi connectivity index (χ0n) is 14.3. The van der Waals surface area contributed by atoms with E-state index >= 15 is 0 Å². The monoisotopic (exact) mass is 409 g/mol. The lowest BCUT2D eigenvalue weighted by Gasteiger charge is -2.41. The number of nitro benzene ring substituents is 1. The van der Waals surface area contributed by atoms with Gasteiger partial charge in [-0.3, -0.25) is 15.0 Å². The van der Waals surface area contributed by atoms with Gasteiger partial charge in [-0.05, 0) is 30.4 Å². The molecule has 3 rings (SSSR count). The molecule has 1 aromatic carbocycles. The molecule has 3 N–H and O–H groups in total. The first-order valence-electron chi connectivity index (χ1n) is 8.30. The molecule has 0 radical (unpaired) electrons. The zero-order valence-corrected chi connectivity index (χ0v) is 15.9. The number of rotatable bonds is 4. The first-order chi connectivity index (χ1) is 11.6. The van der Waals surface area contributed by atoms with Crippen molar-refractivity contribution in [1.29, 1.82) is 0 Å². The summed E-state index contributed by atoms with van der Waals surface area (Å²) in [7, 11) is 0. The Kier molecular flexibility index (Phi) is 8.85. The minimum Gasteiger partial charge on any atom is -0.504 e. The van der Waals surface area contributed by atoms with Crippen molar-refractivity contribution in [2.24, 2.45) is 5.92 Å². The van der Waals surface area contributed by atoms with Crippen molar-refractivity contribution in [2.45, 2.75) is 18.9 Å². The third kappa shape index (κ3) is 4.89. The van der Waals surface area contributed by atoms with Crippen molar-refractivity contribution in [2.75, 3.05) is 39.4 Å². The van der Waals surface area contributed by atoms with Gasteiger partial charge in [-0.15, -0.1) is 24.8 Å². The number of hydrogen-bond donors (Lipinski definition) is 3. The maximum Gasteiger partial charge on any atom is 0.314 e. The van der Waals surface area contributed by atoms with Crippen LogP contribution in [0.1, 0.15) is 24.4 Å². The van der Waals surface area contributed by atoms with Gasteiger partial charge < -0.3 is 20.3 Å². The summed E-state index contributed by atoms with van der Waals surface area (Å²) in [6.07, 6.45) is 1.76. The lowest BCUT2D eigenvalue weighted by Crippen LogP contribution is -2.47. The molecule has 2 aliphatic rings. The molecule has 2 aliphatic heterocycles. The zero-order chi connectivity index (χ0) is 17.1. The molecule has 2 heterocycles. The topological polar surface area (TPSA) is 108 Å². The van der Waals surface area contributed by atoms with Crippen molar-refractivity contribution >= 4 is 30.5 Å². The number of ether oxygens (including phenoxy) is 1. The van der Waals surface area contributed by atoms with Crippen LogP contribution in [0.15, 0.2) is 12.1 Å². The van der Waals surface area contributed by atoms with Gasteiger partial charge in [-0.1, -0.05) is 0 Å². The molecular weight excluding hydrogens is 385 g/mol. The number of hydrogen-bond acceptors (Lipinski definition) is 7. The molecule has 10 heteroatoms. The average molecular weight is 410 g/mol. The number of nitrogens with zero attached hydrogens (tertiary/aromatic N) is 2. The van der Waals surface area contributed by atoms with Crippen LogP contribution in [0.4, 0.5) is 5.69 Å². The van der Waals surface area contributed by atoms with Gasteiger partial charge in [0.05, 0.1) is 4.92 Å². The maximum absolute atomic E-state index is 11.2. The second kappa shape index (κ2) is 10.1. The Balaban J connectivity index is 0.00000169. The summed E-state index contributed by atoms with van der Waals surface area (Å²) in [5, 5.41) is 34.2. The van der Waals surface area contributed by atoms with Gasteiger partial charge in [0.1, 0.15) is 0 Å². The van der Waals surface area contributed by atoms with E-state index in [1.165, 1.54) is 12.1 Å². The summed E-state index contributed by atoms with van der Waals surface area (Å²) in [4.78, 5) is 12.8. The van der Waals surface area contributed by atoms with E-state index in [9.17, 15) is 20.3 Å². The Morgan fingerprint density at radius 2 is 1.81 bits per heavy atom. The van der Waals surface area contributed by atoms with Crippen molar-refractivity contribution in [3.05, 3.63) is 27.8 Å². The quantitative estimate of drug-likeness (QED) is 0.397. The molecule has 0 bridgehead atoms. The van der Waals surface area contributed by atoms with Crippen LogP contribution in [-0.4, -0.2) is 59.4 Å². The van der Waals surface area contributed by atoms with E-state index in [-0.39, 0.29) is 30.9 Å². The molecule has 0 aliphatic carbocycles. The Morgan fingerprint density at radius 3 is 2.38 bits per heavy atom. The summed E-state index contributed by atoms with van der Waals surface area (Å²) < 4.78 is 5.45. The lowest BCUT2D eigenvalue weighted by atomic mass is 9.85. The number of halogens is 2. The van der Waals surface area contributed by atoms with E-state index in [0.717, 1.165) is 39.0 Å². The summed E-state index contributed by atoms with van der Waals surface area (Å²) in [5.74, 6) is -0.804. The molecule has 8 nitrogen and oxygen atoms in total. The van der Waals surface area contributed by atoms with Crippen LogP contribution in [0.25, 0.3) is 0 Å². The highest BCUT2D eigenvalue weighted by Crippen LogP contribution is 2.42. The first kappa shape index (κ1) is 22.7. The van der Waals surface area contributed by atoms with Gasteiger partial charge in [0.2, 0.25) is 5.75 Å². The highest BCUT2D eigenvalue weighted by atomic mass is 35.5. The number of benzene rings is 1. The number of aromatic hydroxyl groups is 2. The number of piperazine rings is 1. The molecule has 0 aromatic heterocycles. The Hall–Kier alpha value is -1.32. The van der Waals surface area contributed by atoms with Crippen molar-refractivity contribution in [1.82, 2.24) is 10.2 Å². The normalized spacial score (nSPS) is 19.8. The summed E-state index contributed by atoms with van der Waals surface area (Å²) in [6, 6.07) is 2.84. The summed E-state index contributed by atoms with van der Waals surface area (Å²) in [6.45, 7) is 4.78. The lowest BCUT2D eigenvalue weighted by molar-refractivity contribution is -0.386. The van der Waals surface area contributed by atoms with Crippen LogP contribution in [0.5, 0.6) is 11.5 Å². The molecule has 2 fully saturated rings. The second-order valence-corrected chi connectivity index (χ2v) is 6.35. The Labute approximate surface area is 164 Å². The van der Waals surface area contributed by atoms with Crippen LogP contribution >= 0.6 is 24.8 Å².